The van der Waals surface area contributed by atoms with Gasteiger partial charge in [0.05, 0.1) is 23.6 Å². The zero-order valence-electron chi connectivity index (χ0n) is 9.89. The fourth-order valence-electron chi connectivity index (χ4n) is 1.55. The second-order valence-electron chi connectivity index (χ2n) is 4.04. The van der Waals surface area contributed by atoms with Gasteiger partial charge >= 0.3 is 0 Å². The van der Waals surface area contributed by atoms with E-state index in [-0.39, 0.29) is 11.9 Å². The molecule has 1 unspecified atom stereocenters. The van der Waals surface area contributed by atoms with Crippen LogP contribution in [-0.2, 0) is 0 Å². The average Bonchev–Trinajstić information content (AvgIpc) is 2.81. The topological polar surface area (TPSA) is 56.7 Å². The Labute approximate surface area is 99.2 Å². The number of nitrogens with zero attached hydrogens (tertiary/aromatic N) is 3. The third-order valence-electron chi connectivity index (χ3n) is 2.74. The van der Waals surface area contributed by atoms with E-state index in [1.165, 1.54) is 6.07 Å². The van der Waals surface area contributed by atoms with Gasteiger partial charge in [0.15, 0.2) is 0 Å². The number of aromatic nitrogens is 3. The Morgan fingerprint density at radius 1 is 1.47 bits per heavy atom. The SMILES string of the molecule is CCC(N)c1cn(-c2ccc(F)c(C)c2)nn1. The van der Waals surface area contributed by atoms with Crippen molar-refractivity contribution in [1.82, 2.24) is 15.0 Å². The van der Waals surface area contributed by atoms with E-state index in [1.807, 2.05) is 6.92 Å². The van der Waals surface area contributed by atoms with Gasteiger partial charge in [0, 0.05) is 0 Å². The predicted octanol–water partition coefficient (Wildman–Crippen LogP) is 2.12. The summed E-state index contributed by atoms with van der Waals surface area (Å²) in [6, 6.07) is 4.71. The zero-order valence-corrected chi connectivity index (χ0v) is 9.89. The molecule has 0 radical (unpaired) electrons. The fraction of sp³-hybridized carbons (Fsp3) is 0.333. The molecule has 0 spiro atoms. The van der Waals surface area contributed by atoms with E-state index in [1.54, 1.807) is 29.9 Å². The highest BCUT2D eigenvalue weighted by atomic mass is 19.1. The molecule has 0 aliphatic carbocycles. The first-order chi connectivity index (χ1) is 8.11. The molecule has 0 bridgehead atoms. The minimum absolute atomic E-state index is 0.106. The van der Waals surface area contributed by atoms with Gasteiger partial charge in [-0.15, -0.1) is 5.10 Å². The van der Waals surface area contributed by atoms with E-state index in [2.05, 4.69) is 10.3 Å². The fourth-order valence-corrected chi connectivity index (χ4v) is 1.55. The number of rotatable bonds is 3. The number of halogens is 1. The van der Waals surface area contributed by atoms with E-state index < -0.39 is 0 Å². The minimum Gasteiger partial charge on any atom is -0.323 e. The Kier molecular flexibility index (Phi) is 3.19. The molecule has 0 aliphatic rings. The van der Waals surface area contributed by atoms with E-state index in [0.717, 1.165) is 17.8 Å². The second-order valence-corrected chi connectivity index (χ2v) is 4.04. The van der Waals surface area contributed by atoms with Gasteiger partial charge in [0.25, 0.3) is 0 Å². The summed E-state index contributed by atoms with van der Waals surface area (Å²) in [5.74, 6) is -0.223. The molecule has 2 rings (SSSR count). The van der Waals surface area contributed by atoms with Gasteiger partial charge in [-0.1, -0.05) is 12.1 Å². The van der Waals surface area contributed by atoms with Gasteiger partial charge in [-0.3, -0.25) is 0 Å². The van der Waals surface area contributed by atoms with Crippen molar-refractivity contribution in [1.29, 1.82) is 0 Å². The van der Waals surface area contributed by atoms with Gasteiger partial charge in [-0.25, -0.2) is 9.07 Å². The monoisotopic (exact) mass is 234 g/mol. The van der Waals surface area contributed by atoms with Crippen molar-refractivity contribution in [2.45, 2.75) is 26.3 Å². The molecule has 17 heavy (non-hydrogen) atoms. The summed E-state index contributed by atoms with van der Waals surface area (Å²) in [7, 11) is 0. The number of nitrogens with two attached hydrogens (primary N) is 1. The summed E-state index contributed by atoms with van der Waals surface area (Å²) in [4.78, 5) is 0. The molecule has 1 heterocycles. The Morgan fingerprint density at radius 2 is 2.24 bits per heavy atom. The van der Waals surface area contributed by atoms with Crippen molar-refractivity contribution >= 4 is 0 Å². The summed E-state index contributed by atoms with van der Waals surface area (Å²) in [6.45, 7) is 3.71. The van der Waals surface area contributed by atoms with Crippen LogP contribution < -0.4 is 5.73 Å². The van der Waals surface area contributed by atoms with E-state index in [4.69, 9.17) is 5.73 Å². The largest absolute Gasteiger partial charge is 0.323 e. The molecule has 0 amide bonds. The van der Waals surface area contributed by atoms with Crippen molar-refractivity contribution in [3.63, 3.8) is 0 Å². The van der Waals surface area contributed by atoms with Gasteiger partial charge in [0.2, 0.25) is 0 Å². The highest BCUT2D eigenvalue weighted by molar-refractivity contribution is 5.35. The minimum atomic E-state index is -0.223. The number of aryl methyl sites for hydroxylation is 1. The molecule has 0 fully saturated rings. The van der Waals surface area contributed by atoms with Crippen LogP contribution >= 0.6 is 0 Å². The molecule has 2 aromatic rings. The van der Waals surface area contributed by atoms with Crippen LogP contribution in [0, 0.1) is 12.7 Å². The van der Waals surface area contributed by atoms with E-state index in [0.29, 0.717) is 5.56 Å². The summed E-state index contributed by atoms with van der Waals surface area (Å²) < 4.78 is 14.7. The Hall–Kier alpha value is -1.75. The van der Waals surface area contributed by atoms with Gasteiger partial charge in [-0.2, -0.15) is 0 Å². The normalized spacial score (nSPS) is 12.7. The Morgan fingerprint density at radius 3 is 2.88 bits per heavy atom. The quantitative estimate of drug-likeness (QED) is 0.885. The van der Waals surface area contributed by atoms with Crippen LogP contribution in [0.15, 0.2) is 24.4 Å². The lowest BCUT2D eigenvalue weighted by molar-refractivity contribution is 0.617. The predicted molar refractivity (Wildman–Crippen MR) is 63.3 cm³/mol. The summed E-state index contributed by atoms with van der Waals surface area (Å²) >= 11 is 0. The van der Waals surface area contributed by atoms with Crippen molar-refractivity contribution < 1.29 is 4.39 Å². The Balaban J connectivity index is 2.33. The zero-order chi connectivity index (χ0) is 12.4. The molecule has 0 saturated heterocycles. The third kappa shape index (κ3) is 2.34. The van der Waals surface area contributed by atoms with Crippen LogP contribution in [0.25, 0.3) is 5.69 Å². The number of hydrogen-bond donors (Lipinski definition) is 1. The van der Waals surface area contributed by atoms with E-state index in [9.17, 15) is 4.39 Å². The summed E-state index contributed by atoms with van der Waals surface area (Å²) in [5, 5.41) is 8.00. The molecule has 90 valence electrons. The lowest BCUT2D eigenvalue weighted by Crippen LogP contribution is -2.08. The smallest absolute Gasteiger partial charge is 0.126 e. The van der Waals surface area contributed by atoms with Crippen LogP contribution in [0.4, 0.5) is 4.39 Å². The highest BCUT2D eigenvalue weighted by Crippen LogP contribution is 2.15. The molecule has 0 aliphatic heterocycles. The molecular weight excluding hydrogens is 219 g/mol. The maximum Gasteiger partial charge on any atom is 0.126 e. The van der Waals surface area contributed by atoms with Crippen LogP contribution in [0.2, 0.25) is 0 Å². The van der Waals surface area contributed by atoms with Gasteiger partial charge in [0.1, 0.15) is 5.82 Å². The molecule has 1 aromatic carbocycles. The highest BCUT2D eigenvalue weighted by Gasteiger charge is 2.09. The van der Waals surface area contributed by atoms with Gasteiger partial charge < -0.3 is 5.73 Å². The molecule has 1 aromatic heterocycles. The first kappa shape index (κ1) is 11.7. The van der Waals surface area contributed by atoms with Crippen LogP contribution in [0.3, 0.4) is 0 Å². The number of benzene rings is 1. The standard InChI is InChI=1S/C12H15FN4/c1-3-11(14)12-7-17(16-15-12)9-4-5-10(13)8(2)6-9/h4-7,11H,3,14H2,1-2H3. The molecule has 0 saturated carbocycles. The lowest BCUT2D eigenvalue weighted by Gasteiger charge is -2.03. The maximum absolute atomic E-state index is 13.1. The lowest BCUT2D eigenvalue weighted by atomic mass is 10.2. The summed E-state index contributed by atoms with van der Waals surface area (Å²) in [5.41, 5.74) is 7.97. The second kappa shape index (κ2) is 4.63. The molecule has 2 N–H and O–H groups in total. The van der Waals surface area contributed by atoms with Crippen LogP contribution in [-0.4, -0.2) is 15.0 Å². The van der Waals surface area contributed by atoms with Crippen molar-refractivity contribution in [2.24, 2.45) is 5.73 Å². The average molecular weight is 234 g/mol. The maximum atomic E-state index is 13.1. The Bertz CT molecular complexity index is 521. The molecular formula is C12H15FN4. The van der Waals surface area contributed by atoms with Crippen molar-refractivity contribution in [2.75, 3.05) is 0 Å². The van der Waals surface area contributed by atoms with Crippen LogP contribution in [0.5, 0.6) is 0 Å². The summed E-state index contributed by atoms with van der Waals surface area (Å²) in [6.07, 6.45) is 2.59. The van der Waals surface area contributed by atoms with E-state index >= 15 is 0 Å². The molecule has 5 heteroatoms. The van der Waals surface area contributed by atoms with Crippen molar-refractivity contribution in [3.05, 3.63) is 41.5 Å². The molecule has 1 atom stereocenters. The van der Waals surface area contributed by atoms with Crippen molar-refractivity contribution in [3.8, 4) is 5.69 Å². The first-order valence-corrected chi connectivity index (χ1v) is 5.56. The van der Waals surface area contributed by atoms with Crippen LogP contribution in [0.1, 0.15) is 30.6 Å². The van der Waals surface area contributed by atoms with Gasteiger partial charge in [-0.05, 0) is 37.1 Å². The first-order valence-electron chi connectivity index (χ1n) is 5.56. The third-order valence-corrected chi connectivity index (χ3v) is 2.74. The number of hydrogen-bond acceptors (Lipinski definition) is 3. The molecule has 4 nitrogen and oxygen atoms in total.